The van der Waals surface area contributed by atoms with Crippen molar-refractivity contribution in [1.29, 1.82) is 0 Å². The fraction of sp³-hybridized carbons (Fsp3) is 0.600. The number of ether oxygens (including phenoxy) is 4. The molecule has 4 fully saturated rings. The SMILES string of the molecule is CC(=O)OC[C@@]12[C@H]3[C@@H](OC(C)=O)O[C@@H]1SCC21O[C@H]3C[C@H]1c1ccc(O)cc1. The zero-order valence-corrected chi connectivity index (χ0v) is 16.4. The third-order valence-electron chi connectivity index (χ3n) is 6.69. The van der Waals surface area contributed by atoms with Gasteiger partial charge in [-0.2, -0.15) is 0 Å². The third kappa shape index (κ3) is 2.25. The standard InChI is InChI=1S/C20H22O7S/c1-10(21)24-8-19-16-15-7-14(12-3-5-13(23)6-4-12)20(19,27-15)9-28-18(19)26-17(16)25-11(2)22/h3-6,14-18,23H,7-9H2,1-2H3/t14-,15-,16+,17-,18+,19+,20?/m0/s1. The number of fused-ring (bicyclic) bond motifs is 2. The van der Waals surface area contributed by atoms with Crippen LogP contribution in [0.2, 0.25) is 0 Å². The maximum atomic E-state index is 11.6. The molecule has 1 unspecified atom stereocenters. The lowest BCUT2D eigenvalue weighted by atomic mass is 9.56. The normalized spacial score (nSPS) is 42.4. The number of hydrogen-bond donors (Lipinski definition) is 1. The summed E-state index contributed by atoms with van der Waals surface area (Å²) in [6.45, 7) is 2.93. The first-order valence-corrected chi connectivity index (χ1v) is 10.5. The number of hydrogen-bond acceptors (Lipinski definition) is 8. The number of thioether (sulfide) groups is 1. The van der Waals surface area contributed by atoms with Gasteiger partial charge in [0.25, 0.3) is 0 Å². The van der Waals surface area contributed by atoms with Gasteiger partial charge in [0.1, 0.15) is 17.8 Å². The fourth-order valence-electron chi connectivity index (χ4n) is 5.73. The molecule has 1 spiro atoms. The van der Waals surface area contributed by atoms with Crippen molar-refractivity contribution in [1.82, 2.24) is 0 Å². The molecule has 0 amide bonds. The Morgan fingerprint density at radius 1 is 1.25 bits per heavy atom. The Kier molecular flexibility index (Phi) is 3.99. The summed E-state index contributed by atoms with van der Waals surface area (Å²) in [5, 5.41) is 9.66. The Morgan fingerprint density at radius 3 is 2.68 bits per heavy atom. The first-order valence-electron chi connectivity index (χ1n) is 9.42. The van der Waals surface area contributed by atoms with Gasteiger partial charge in [-0.15, -0.1) is 11.8 Å². The summed E-state index contributed by atoms with van der Waals surface area (Å²) in [5.41, 5.74) is -0.335. The van der Waals surface area contributed by atoms with Gasteiger partial charge >= 0.3 is 11.9 Å². The fourth-order valence-corrected chi connectivity index (χ4v) is 7.58. The highest BCUT2D eigenvalue weighted by Gasteiger charge is 2.83. The second kappa shape index (κ2) is 6.11. The van der Waals surface area contributed by atoms with Gasteiger partial charge in [-0.25, -0.2) is 0 Å². The van der Waals surface area contributed by atoms with Crippen molar-refractivity contribution in [2.24, 2.45) is 11.3 Å². The second-order valence-electron chi connectivity index (χ2n) is 8.03. The van der Waals surface area contributed by atoms with Crippen LogP contribution in [-0.2, 0) is 28.5 Å². The molecule has 0 aromatic heterocycles. The summed E-state index contributed by atoms with van der Waals surface area (Å²) in [7, 11) is 0. The van der Waals surface area contributed by atoms with Gasteiger partial charge in [-0.05, 0) is 24.1 Å². The number of phenolic OH excluding ortho intramolecular Hbond substituents is 1. The average molecular weight is 406 g/mol. The minimum Gasteiger partial charge on any atom is -0.508 e. The lowest BCUT2D eigenvalue weighted by Gasteiger charge is -2.44. The van der Waals surface area contributed by atoms with E-state index in [1.165, 1.54) is 13.8 Å². The number of rotatable bonds is 4. The van der Waals surface area contributed by atoms with E-state index in [-0.39, 0.29) is 41.7 Å². The van der Waals surface area contributed by atoms with Gasteiger partial charge in [0.05, 0.1) is 23.0 Å². The van der Waals surface area contributed by atoms with Crippen LogP contribution in [0.3, 0.4) is 0 Å². The van der Waals surface area contributed by atoms with Crippen LogP contribution in [0.15, 0.2) is 24.3 Å². The van der Waals surface area contributed by atoms with E-state index < -0.39 is 23.3 Å². The van der Waals surface area contributed by atoms with Gasteiger partial charge in [0.2, 0.25) is 6.29 Å². The van der Waals surface area contributed by atoms with Gasteiger partial charge in [0.15, 0.2) is 0 Å². The van der Waals surface area contributed by atoms with E-state index in [1.54, 1.807) is 23.9 Å². The summed E-state index contributed by atoms with van der Waals surface area (Å²) < 4.78 is 23.8. The summed E-state index contributed by atoms with van der Waals surface area (Å²) in [4.78, 5) is 23.3. The minimum absolute atomic E-state index is 0.0853. The number of phenols is 1. The van der Waals surface area contributed by atoms with Crippen molar-refractivity contribution in [3.8, 4) is 5.75 Å². The van der Waals surface area contributed by atoms with E-state index in [0.717, 1.165) is 12.0 Å². The molecule has 4 aliphatic rings. The Labute approximate surface area is 166 Å². The molecule has 4 saturated heterocycles. The van der Waals surface area contributed by atoms with Crippen LogP contribution in [0.5, 0.6) is 5.75 Å². The van der Waals surface area contributed by atoms with Gasteiger partial charge in [0, 0.05) is 25.5 Å². The van der Waals surface area contributed by atoms with Crippen LogP contribution in [0, 0.1) is 11.3 Å². The van der Waals surface area contributed by atoms with Crippen LogP contribution >= 0.6 is 11.8 Å². The number of carbonyl (C=O) groups is 2. The van der Waals surface area contributed by atoms with E-state index in [1.807, 2.05) is 12.1 Å². The molecule has 1 aromatic carbocycles. The van der Waals surface area contributed by atoms with Crippen molar-refractivity contribution < 1.29 is 33.6 Å². The lowest BCUT2D eigenvalue weighted by molar-refractivity contribution is -0.180. The molecule has 4 heterocycles. The summed E-state index contributed by atoms with van der Waals surface area (Å²) in [5.74, 6) is 0.0877. The van der Waals surface area contributed by atoms with Crippen molar-refractivity contribution in [2.75, 3.05) is 12.4 Å². The molecule has 4 aliphatic heterocycles. The molecular formula is C20H22O7S. The van der Waals surface area contributed by atoms with Gasteiger partial charge < -0.3 is 24.1 Å². The Morgan fingerprint density at radius 2 is 2.00 bits per heavy atom. The van der Waals surface area contributed by atoms with Crippen LogP contribution in [0.1, 0.15) is 31.7 Å². The lowest BCUT2D eigenvalue weighted by Crippen LogP contribution is -2.56. The van der Waals surface area contributed by atoms with Crippen molar-refractivity contribution in [2.45, 2.75) is 49.6 Å². The number of esters is 2. The minimum atomic E-state index is -0.696. The molecule has 7 nitrogen and oxygen atoms in total. The molecule has 5 rings (SSSR count). The van der Waals surface area contributed by atoms with Crippen LogP contribution in [0.4, 0.5) is 0 Å². The van der Waals surface area contributed by atoms with Crippen LogP contribution in [-0.4, -0.2) is 52.8 Å². The van der Waals surface area contributed by atoms with Crippen molar-refractivity contribution in [3.05, 3.63) is 29.8 Å². The third-order valence-corrected chi connectivity index (χ3v) is 8.12. The second-order valence-corrected chi connectivity index (χ2v) is 9.08. The summed E-state index contributed by atoms with van der Waals surface area (Å²) in [6.07, 6.45) is -0.0748. The van der Waals surface area contributed by atoms with Gasteiger partial charge in [-0.1, -0.05) is 12.1 Å². The van der Waals surface area contributed by atoms with Crippen LogP contribution in [0.25, 0.3) is 0 Å². The topological polar surface area (TPSA) is 91.3 Å². The average Bonchev–Trinajstić information content (AvgIpc) is 3.32. The van der Waals surface area contributed by atoms with E-state index >= 15 is 0 Å². The maximum Gasteiger partial charge on any atom is 0.304 e. The van der Waals surface area contributed by atoms with Crippen molar-refractivity contribution >= 4 is 23.7 Å². The zero-order valence-electron chi connectivity index (χ0n) is 15.6. The molecule has 8 heteroatoms. The molecule has 0 aliphatic carbocycles. The zero-order chi connectivity index (χ0) is 19.7. The first-order chi connectivity index (χ1) is 13.4. The molecular weight excluding hydrogens is 384 g/mol. The highest BCUT2D eigenvalue weighted by atomic mass is 32.2. The largest absolute Gasteiger partial charge is 0.508 e. The number of carbonyl (C=O) groups excluding carboxylic acids is 2. The highest BCUT2D eigenvalue weighted by molar-refractivity contribution is 8.00. The first kappa shape index (κ1) is 18.3. The van der Waals surface area contributed by atoms with Crippen molar-refractivity contribution in [3.63, 3.8) is 0 Å². The molecule has 1 N–H and O–H groups in total. The van der Waals surface area contributed by atoms with Crippen LogP contribution < -0.4 is 0 Å². The molecule has 1 aromatic rings. The van der Waals surface area contributed by atoms with E-state index in [4.69, 9.17) is 18.9 Å². The van der Waals surface area contributed by atoms with Gasteiger partial charge in [-0.3, -0.25) is 9.59 Å². The van der Waals surface area contributed by atoms with E-state index in [2.05, 4.69) is 0 Å². The predicted octanol–water partition coefficient (Wildman–Crippen LogP) is 2.18. The molecule has 150 valence electrons. The smallest absolute Gasteiger partial charge is 0.304 e. The summed E-state index contributed by atoms with van der Waals surface area (Å²) in [6, 6.07) is 7.20. The Hall–Kier alpha value is -1.77. The van der Waals surface area contributed by atoms with E-state index in [0.29, 0.717) is 5.75 Å². The van der Waals surface area contributed by atoms with E-state index in [9.17, 15) is 14.7 Å². The Bertz CT molecular complexity index is 826. The summed E-state index contributed by atoms with van der Waals surface area (Å²) >= 11 is 1.63. The maximum absolute atomic E-state index is 11.6. The highest BCUT2D eigenvalue weighted by Crippen LogP contribution is 2.75. The monoisotopic (exact) mass is 406 g/mol. The molecule has 0 radical (unpaired) electrons. The number of aromatic hydroxyl groups is 1. The Balaban J connectivity index is 1.58. The predicted molar refractivity (Wildman–Crippen MR) is 98.5 cm³/mol. The quantitative estimate of drug-likeness (QED) is 0.761. The number of benzene rings is 1. The molecule has 28 heavy (non-hydrogen) atoms. The molecule has 0 saturated carbocycles. The molecule has 2 bridgehead atoms. The molecule has 7 atom stereocenters.